The van der Waals surface area contributed by atoms with Crippen LogP contribution in [0.1, 0.15) is 29.3 Å². The molecule has 0 aliphatic carbocycles. The van der Waals surface area contributed by atoms with Crippen molar-refractivity contribution in [3.63, 3.8) is 0 Å². The van der Waals surface area contributed by atoms with E-state index in [1.165, 1.54) is 4.90 Å². The van der Waals surface area contributed by atoms with Gasteiger partial charge in [0.2, 0.25) is 5.91 Å². The smallest absolute Gasteiger partial charge is 0.338 e. The van der Waals surface area contributed by atoms with Gasteiger partial charge in [0.1, 0.15) is 6.54 Å². The van der Waals surface area contributed by atoms with Crippen LogP contribution in [0.15, 0.2) is 48.5 Å². The number of quaternary nitrogens is 1. The zero-order chi connectivity index (χ0) is 19.4. The molecule has 2 aromatic rings. The van der Waals surface area contributed by atoms with Crippen molar-refractivity contribution in [2.75, 3.05) is 11.5 Å². The van der Waals surface area contributed by atoms with E-state index < -0.39 is 12.0 Å². The topological polar surface area (TPSA) is 80.3 Å². The van der Waals surface area contributed by atoms with Crippen LogP contribution in [0.25, 0.3) is 0 Å². The normalized spacial score (nSPS) is 16.7. The van der Waals surface area contributed by atoms with Gasteiger partial charge < -0.3 is 10.1 Å². The van der Waals surface area contributed by atoms with Gasteiger partial charge in [-0.15, -0.1) is 0 Å². The predicted molar refractivity (Wildman–Crippen MR) is 100 cm³/mol. The molecule has 1 atom stereocenters. The van der Waals surface area contributed by atoms with Gasteiger partial charge in [0.15, 0.2) is 6.04 Å². The van der Waals surface area contributed by atoms with Crippen LogP contribution in [0.3, 0.4) is 0 Å². The second-order valence-corrected chi connectivity index (χ2v) is 6.65. The van der Waals surface area contributed by atoms with E-state index in [2.05, 4.69) is 0 Å². The Morgan fingerprint density at radius 1 is 1.15 bits per heavy atom. The maximum Gasteiger partial charge on any atom is 0.338 e. The maximum atomic E-state index is 12.7. The van der Waals surface area contributed by atoms with Crippen LogP contribution in [-0.4, -0.2) is 30.4 Å². The molecule has 0 spiro atoms. The average Bonchev–Trinajstić information content (AvgIpc) is 2.95. The lowest BCUT2D eigenvalue weighted by Gasteiger charge is -2.14. The molecular formula is C20H20ClN2O4+. The van der Waals surface area contributed by atoms with E-state index in [4.69, 9.17) is 16.3 Å². The van der Waals surface area contributed by atoms with Gasteiger partial charge in [-0.25, -0.2) is 9.69 Å². The Kier molecular flexibility index (Phi) is 5.88. The second-order valence-electron chi connectivity index (χ2n) is 6.21. The minimum Gasteiger partial charge on any atom is -0.462 e. The van der Waals surface area contributed by atoms with Crippen molar-refractivity contribution in [2.24, 2.45) is 0 Å². The van der Waals surface area contributed by atoms with Gasteiger partial charge in [0.05, 0.1) is 24.3 Å². The van der Waals surface area contributed by atoms with E-state index in [9.17, 15) is 14.4 Å². The molecule has 0 bridgehead atoms. The summed E-state index contributed by atoms with van der Waals surface area (Å²) in [5, 5.41) is 2.51. The SMILES string of the molecule is CCOC(=O)c1ccc(N2C(=O)C[C@H]([NH2+]Cc3ccc(Cl)cc3)C2=O)cc1. The molecule has 2 aromatic carbocycles. The van der Waals surface area contributed by atoms with Gasteiger partial charge >= 0.3 is 5.97 Å². The lowest BCUT2D eigenvalue weighted by molar-refractivity contribution is -0.690. The third-order valence-corrected chi connectivity index (χ3v) is 4.62. The summed E-state index contributed by atoms with van der Waals surface area (Å²) in [5.74, 6) is -0.934. The Bertz CT molecular complexity index is 849. The van der Waals surface area contributed by atoms with Gasteiger partial charge in [0, 0.05) is 10.6 Å². The fourth-order valence-electron chi connectivity index (χ4n) is 2.97. The molecule has 1 saturated heterocycles. The number of nitrogens with two attached hydrogens (primary N) is 1. The molecule has 1 heterocycles. The molecule has 27 heavy (non-hydrogen) atoms. The fraction of sp³-hybridized carbons (Fsp3) is 0.250. The number of ether oxygens (including phenoxy) is 1. The summed E-state index contributed by atoms with van der Waals surface area (Å²) < 4.78 is 4.93. The third kappa shape index (κ3) is 4.35. The summed E-state index contributed by atoms with van der Waals surface area (Å²) >= 11 is 5.87. The van der Waals surface area contributed by atoms with E-state index in [-0.39, 0.29) is 24.8 Å². The number of carbonyl (C=O) groups is 3. The van der Waals surface area contributed by atoms with Crippen LogP contribution in [0, 0.1) is 0 Å². The minimum atomic E-state index is -0.460. The van der Waals surface area contributed by atoms with Crippen LogP contribution < -0.4 is 10.2 Å². The molecule has 3 rings (SSSR count). The number of hydrogen-bond donors (Lipinski definition) is 1. The summed E-state index contributed by atoms with van der Waals surface area (Å²) in [7, 11) is 0. The number of amides is 2. The Balaban J connectivity index is 1.66. The van der Waals surface area contributed by atoms with E-state index in [0.29, 0.717) is 22.8 Å². The number of anilines is 1. The van der Waals surface area contributed by atoms with Crippen LogP contribution in [-0.2, 0) is 20.9 Å². The molecule has 0 unspecified atom stereocenters. The largest absolute Gasteiger partial charge is 0.462 e. The number of nitrogens with zero attached hydrogens (tertiary/aromatic N) is 1. The molecule has 0 saturated carbocycles. The summed E-state index contributed by atoms with van der Waals surface area (Å²) in [5.41, 5.74) is 1.86. The Hall–Kier alpha value is -2.70. The molecule has 1 fully saturated rings. The molecule has 7 heteroatoms. The highest BCUT2D eigenvalue weighted by Gasteiger charge is 2.42. The third-order valence-electron chi connectivity index (χ3n) is 4.37. The van der Waals surface area contributed by atoms with Crippen molar-refractivity contribution in [3.8, 4) is 0 Å². The van der Waals surface area contributed by atoms with E-state index in [0.717, 1.165) is 5.56 Å². The van der Waals surface area contributed by atoms with Crippen LogP contribution in [0.2, 0.25) is 5.02 Å². The maximum absolute atomic E-state index is 12.7. The lowest BCUT2D eigenvalue weighted by Crippen LogP contribution is -2.90. The first-order chi connectivity index (χ1) is 13.0. The highest BCUT2D eigenvalue weighted by atomic mass is 35.5. The Morgan fingerprint density at radius 2 is 1.81 bits per heavy atom. The summed E-state index contributed by atoms with van der Waals surface area (Å²) in [6.45, 7) is 2.60. The zero-order valence-electron chi connectivity index (χ0n) is 14.9. The number of hydrogen-bond acceptors (Lipinski definition) is 4. The number of imide groups is 1. The van der Waals surface area contributed by atoms with Crippen molar-refractivity contribution >= 4 is 35.1 Å². The quantitative estimate of drug-likeness (QED) is 0.606. The van der Waals surface area contributed by atoms with Crippen molar-refractivity contribution in [1.82, 2.24) is 0 Å². The fourth-order valence-corrected chi connectivity index (χ4v) is 3.10. The number of esters is 1. The first-order valence-electron chi connectivity index (χ1n) is 8.71. The van der Waals surface area contributed by atoms with Gasteiger partial charge in [-0.3, -0.25) is 9.59 Å². The first kappa shape index (κ1) is 19.1. The van der Waals surface area contributed by atoms with Gasteiger partial charge in [0.25, 0.3) is 5.91 Å². The van der Waals surface area contributed by atoms with Gasteiger partial charge in [-0.05, 0) is 43.3 Å². The Labute approximate surface area is 162 Å². The molecule has 140 valence electrons. The average molecular weight is 388 g/mol. The molecule has 0 aromatic heterocycles. The molecule has 0 radical (unpaired) electrons. The van der Waals surface area contributed by atoms with Crippen LogP contribution in [0.4, 0.5) is 5.69 Å². The van der Waals surface area contributed by atoms with Gasteiger partial charge in [-0.2, -0.15) is 0 Å². The highest BCUT2D eigenvalue weighted by molar-refractivity contribution is 6.30. The first-order valence-corrected chi connectivity index (χ1v) is 9.09. The number of benzene rings is 2. The monoisotopic (exact) mass is 387 g/mol. The van der Waals surface area contributed by atoms with Crippen LogP contribution >= 0.6 is 11.6 Å². The molecule has 1 aliphatic rings. The van der Waals surface area contributed by atoms with Crippen molar-refractivity contribution in [1.29, 1.82) is 0 Å². The van der Waals surface area contributed by atoms with Crippen molar-refractivity contribution in [3.05, 3.63) is 64.7 Å². The molecule has 2 amide bonds. The van der Waals surface area contributed by atoms with Crippen molar-refractivity contribution < 1.29 is 24.4 Å². The molecular weight excluding hydrogens is 368 g/mol. The van der Waals surface area contributed by atoms with Crippen LogP contribution in [0.5, 0.6) is 0 Å². The molecule has 2 N–H and O–H groups in total. The Morgan fingerprint density at radius 3 is 2.44 bits per heavy atom. The summed E-state index contributed by atoms with van der Waals surface area (Å²) in [4.78, 5) is 37.9. The number of halogens is 1. The number of rotatable bonds is 6. The molecule has 6 nitrogen and oxygen atoms in total. The number of carbonyl (C=O) groups excluding carboxylic acids is 3. The zero-order valence-corrected chi connectivity index (χ0v) is 15.6. The summed E-state index contributed by atoms with van der Waals surface area (Å²) in [6.07, 6.45) is 0.145. The van der Waals surface area contributed by atoms with Gasteiger partial charge in [-0.1, -0.05) is 23.7 Å². The molecule has 1 aliphatic heterocycles. The van der Waals surface area contributed by atoms with E-state index >= 15 is 0 Å². The standard InChI is InChI=1S/C20H19ClN2O4/c1-2-27-20(26)14-5-9-16(10-6-14)23-18(24)11-17(19(23)25)22-12-13-3-7-15(21)8-4-13/h3-10,17,22H,2,11-12H2,1H3/p+1/t17-/m0/s1. The van der Waals surface area contributed by atoms with E-state index in [1.54, 1.807) is 43.3 Å². The second kappa shape index (κ2) is 8.33. The minimum absolute atomic E-state index is 0.145. The van der Waals surface area contributed by atoms with Crippen molar-refractivity contribution in [2.45, 2.75) is 25.9 Å². The lowest BCUT2D eigenvalue weighted by atomic mass is 10.2. The highest BCUT2D eigenvalue weighted by Crippen LogP contribution is 2.22. The predicted octanol–water partition coefficient (Wildman–Crippen LogP) is 1.91. The summed E-state index contributed by atoms with van der Waals surface area (Å²) in [6, 6.07) is 13.2. The van der Waals surface area contributed by atoms with E-state index in [1.807, 2.05) is 17.4 Å².